The minimum absolute atomic E-state index is 0.0506. The molecule has 0 fully saturated rings. The van der Waals surface area contributed by atoms with Gasteiger partial charge in [0.25, 0.3) is 0 Å². The molecule has 0 spiro atoms. The van der Waals surface area contributed by atoms with Crippen LogP contribution in [0.25, 0.3) is 0 Å². The fourth-order valence-electron chi connectivity index (χ4n) is 1.26. The third-order valence-electron chi connectivity index (χ3n) is 1.78. The summed E-state index contributed by atoms with van der Waals surface area (Å²) in [4.78, 5) is 0. The predicted octanol–water partition coefficient (Wildman–Crippen LogP) is 2.94. The summed E-state index contributed by atoms with van der Waals surface area (Å²) in [6.07, 6.45) is 0. The number of nitrogens with one attached hydrogen (secondary N) is 2. The van der Waals surface area contributed by atoms with E-state index in [1.807, 2.05) is 18.2 Å². The van der Waals surface area contributed by atoms with Crippen LogP contribution >= 0.6 is 15.9 Å². The molecule has 0 aromatic heterocycles. The van der Waals surface area contributed by atoms with Crippen molar-refractivity contribution in [2.45, 2.75) is 26.3 Å². The Balaban J connectivity index is 3.13. The maximum absolute atomic E-state index is 7.48. The fourth-order valence-corrected chi connectivity index (χ4v) is 1.62. The van der Waals surface area contributed by atoms with Gasteiger partial charge < -0.3 is 11.1 Å². The lowest BCUT2D eigenvalue weighted by atomic mass is 10.1. The number of benzene rings is 1. The van der Waals surface area contributed by atoms with Crippen LogP contribution < -0.4 is 11.1 Å². The number of hydrogen-bond acceptors (Lipinski definition) is 2. The van der Waals surface area contributed by atoms with Gasteiger partial charge in [-0.3, -0.25) is 5.41 Å². The Kier molecular flexibility index (Phi) is 3.39. The predicted molar refractivity (Wildman–Crippen MR) is 68.5 cm³/mol. The van der Waals surface area contributed by atoms with Crippen molar-refractivity contribution >= 4 is 27.5 Å². The molecule has 0 amide bonds. The molecule has 82 valence electrons. The van der Waals surface area contributed by atoms with Crippen LogP contribution in [0, 0.1) is 5.41 Å². The Morgan fingerprint density at radius 1 is 1.40 bits per heavy atom. The molecular weight excluding hydrogens is 254 g/mol. The van der Waals surface area contributed by atoms with E-state index in [4.69, 9.17) is 11.1 Å². The molecule has 1 aromatic rings. The lowest BCUT2D eigenvalue weighted by Gasteiger charge is -2.24. The molecule has 4 heteroatoms. The summed E-state index contributed by atoms with van der Waals surface area (Å²) in [5.74, 6) is 0.0780. The Bertz CT molecular complexity index is 380. The van der Waals surface area contributed by atoms with Crippen molar-refractivity contribution in [3.63, 3.8) is 0 Å². The van der Waals surface area contributed by atoms with Crippen molar-refractivity contribution in [3.05, 3.63) is 28.2 Å². The van der Waals surface area contributed by atoms with Crippen LogP contribution in [0.2, 0.25) is 0 Å². The quantitative estimate of drug-likeness (QED) is 0.571. The average Bonchev–Trinajstić information content (AvgIpc) is 1.99. The van der Waals surface area contributed by atoms with E-state index in [9.17, 15) is 0 Å². The molecule has 4 N–H and O–H groups in total. The zero-order chi connectivity index (χ0) is 11.6. The van der Waals surface area contributed by atoms with Crippen LogP contribution in [0.15, 0.2) is 22.7 Å². The van der Waals surface area contributed by atoms with Crippen molar-refractivity contribution in [3.8, 4) is 0 Å². The van der Waals surface area contributed by atoms with E-state index in [1.165, 1.54) is 0 Å². The summed E-state index contributed by atoms with van der Waals surface area (Å²) in [6.45, 7) is 6.20. The molecule has 1 aromatic carbocycles. The van der Waals surface area contributed by atoms with Crippen molar-refractivity contribution in [2.24, 2.45) is 5.73 Å². The summed E-state index contributed by atoms with van der Waals surface area (Å²) in [5, 5.41) is 10.8. The second kappa shape index (κ2) is 4.23. The summed E-state index contributed by atoms with van der Waals surface area (Å²) in [7, 11) is 0. The number of nitrogen functional groups attached to an aromatic ring is 1. The van der Waals surface area contributed by atoms with E-state index < -0.39 is 0 Å². The molecule has 0 saturated heterocycles. The summed E-state index contributed by atoms with van der Waals surface area (Å²) in [5.41, 5.74) is 7.07. The van der Waals surface area contributed by atoms with Gasteiger partial charge in [0.1, 0.15) is 5.84 Å². The highest BCUT2D eigenvalue weighted by molar-refractivity contribution is 9.10. The van der Waals surface area contributed by atoms with Crippen LogP contribution in [0.1, 0.15) is 26.3 Å². The molecule has 0 aliphatic carbocycles. The second-order valence-electron chi connectivity index (χ2n) is 4.48. The Morgan fingerprint density at radius 2 is 2.00 bits per heavy atom. The van der Waals surface area contributed by atoms with E-state index in [0.717, 1.165) is 15.7 Å². The summed E-state index contributed by atoms with van der Waals surface area (Å²) < 4.78 is 0.972. The smallest absolute Gasteiger partial charge is 0.124 e. The molecule has 0 aliphatic rings. The first kappa shape index (κ1) is 12.0. The van der Waals surface area contributed by atoms with Crippen molar-refractivity contribution in [1.29, 1.82) is 5.41 Å². The third-order valence-corrected chi connectivity index (χ3v) is 2.27. The molecule has 0 radical (unpaired) electrons. The largest absolute Gasteiger partial charge is 0.384 e. The van der Waals surface area contributed by atoms with E-state index in [2.05, 4.69) is 42.0 Å². The highest BCUT2D eigenvalue weighted by atomic mass is 79.9. The zero-order valence-corrected chi connectivity index (χ0v) is 10.8. The highest BCUT2D eigenvalue weighted by Gasteiger charge is 2.13. The summed E-state index contributed by atoms with van der Waals surface area (Å²) in [6, 6.07) is 5.65. The first-order valence-corrected chi connectivity index (χ1v) is 5.51. The minimum atomic E-state index is -0.0506. The van der Waals surface area contributed by atoms with E-state index in [-0.39, 0.29) is 11.4 Å². The van der Waals surface area contributed by atoms with Crippen LogP contribution in [0.4, 0.5) is 5.69 Å². The van der Waals surface area contributed by atoms with Crippen molar-refractivity contribution in [1.82, 2.24) is 0 Å². The van der Waals surface area contributed by atoms with Crippen LogP contribution in [0.3, 0.4) is 0 Å². The SMILES string of the molecule is CC(C)(C)Nc1cc(Br)ccc1C(=N)N. The molecule has 0 bridgehead atoms. The first-order valence-electron chi connectivity index (χ1n) is 4.72. The molecule has 1 rings (SSSR count). The standard InChI is InChI=1S/C11H16BrN3/c1-11(2,3)15-9-6-7(12)4-5-8(9)10(13)14/h4-6,15H,1-3H3,(H3,13,14). The van der Waals surface area contributed by atoms with Gasteiger partial charge in [0.05, 0.1) is 0 Å². The number of hydrogen-bond donors (Lipinski definition) is 3. The number of anilines is 1. The topological polar surface area (TPSA) is 61.9 Å². The van der Waals surface area contributed by atoms with Gasteiger partial charge in [0, 0.05) is 21.3 Å². The Hall–Kier alpha value is -1.03. The monoisotopic (exact) mass is 269 g/mol. The fraction of sp³-hybridized carbons (Fsp3) is 0.364. The van der Waals surface area contributed by atoms with Gasteiger partial charge in [-0.2, -0.15) is 0 Å². The average molecular weight is 270 g/mol. The molecule has 0 atom stereocenters. The maximum atomic E-state index is 7.48. The second-order valence-corrected chi connectivity index (χ2v) is 5.39. The molecule has 0 saturated carbocycles. The molecular formula is C11H16BrN3. The normalized spacial score (nSPS) is 11.2. The number of halogens is 1. The van der Waals surface area contributed by atoms with Gasteiger partial charge in [-0.1, -0.05) is 15.9 Å². The van der Waals surface area contributed by atoms with Crippen LogP contribution in [-0.4, -0.2) is 11.4 Å². The third kappa shape index (κ3) is 3.55. The minimum Gasteiger partial charge on any atom is -0.384 e. The van der Waals surface area contributed by atoms with Gasteiger partial charge in [0.2, 0.25) is 0 Å². The van der Waals surface area contributed by atoms with Gasteiger partial charge >= 0.3 is 0 Å². The van der Waals surface area contributed by atoms with E-state index in [1.54, 1.807) is 0 Å². The lowest BCUT2D eigenvalue weighted by molar-refractivity contribution is 0.634. The molecule has 0 heterocycles. The van der Waals surface area contributed by atoms with Crippen LogP contribution in [0.5, 0.6) is 0 Å². The van der Waals surface area contributed by atoms with Gasteiger partial charge in [-0.25, -0.2) is 0 Å². The number of rotatable bonds is 2. The summed E-state index contributed by atoms with van der Waals surface area (Å²) >= 11 is 3.40. The molecule has 3 nitrogen and oxygen atoms in total. The molecule has 15 heavy (non-hydrogen) atoms. The van der Waals surface area contributed by atoms with Crippen molar-refractivity contribution in [2.75, 3.05) is 5.32 Å². The molecule has 0 unspecified atom stereocenters. The maximum Gasteiger partial charge on any atom is 0.124 e. The van der Waals surface area contributed by atoms with E-state index in [0.29, 0.717) is 0 Å². The lowest BCUT2D eigenvalue weighted by Crippen LogP contribution is -2.28. The number of amidine groups is 1. The van der Waals surface area contributed by atoms with Gasteiger partial charge in [-0.15, -0.1) is 0 Å². The zero-order valence-electron chi connectivity index (χ0n) is 9.19. The highest BCUT2D eigenvalue weighted by Crippen LogP contribution is 2.24. The Labute approximate surface area is 98.7 Å². The number of nitrogens with two attached hydrogens (primary N) is 1. The van der Waals surface area contributed by atoms with Crippen molar-refractivity contribution < 1.29 is 0 Å². The molecule has 0 aliphatic heterocycles. The first-order chi connectivity index (χ1) is 6.79. The van der Waals surface area contributed by atoms with Gasteiger partial charge in [0.15, 0.2) is 0 Å². The van der Waals surface area contributed by atoms with Crippen LogP contribution in [-0.2, 0) is 0 Å². The Morgan fingerprint density at radius 3 is 2.47 bits per heavy atom. The van der Waals surface area contributed by atoms with Gasteiger partial charge in [-0.05, 0) is 39.0 Å². The van der Waals surface area contributed by atoms with E-state index >= 15 is 0 Å².